The second-order valence-corrected chi connectivity index (χ2v) is 6.16. The molecule has 0 radical (unpaired) electrons. The van der Waals surface area contributed by atoms with Crippen molar-refractivity contribution in [3.8, 4) is 5.75 Å². The second-order valence-electron chi connectivity index (χ2n) is 6.16. The van der Waals surface area contributed by atoms with E-state index in [0.29, 0.717) is 12.3 Å². The van der Waals surface area contributed by atoms with E-state index in [0.717, 1.165) is 27.6 Å². The average Bonchev–Trinajstić information content (AvgIpc) is 2.72. The monoisotopic (exact) mass is 341 g/mol. The Balaban J connectivity index is 1.52. The highest BCUT2D eigenvalue weighted by Gasteiger charge is 2.15. The minimum Gasteiger partial charge on any atom is -0.489 e. The van der Waals surface area contributed by atoms with Crippen LogP contribution in [0.4, 0.5) is 0 Å². The van der Waals surface area contributed by atoms with Gasteiger partial charge in [0.25, 0.3) is 0 Å². The van der Waals surface area contributed by atoms with E-state index in [1.807, 2.05) is 84.9 Å². The van der Waals surface area contributed by atoms with Crippen molar-refractivity contribution >= 4 is 10.8 Å². The van der Waals surface area contributed by atoms with Crippen LogP contribution in [0.2, 0.25) is 0 Å². The quantitative estimate of drug-likeness (QED) is 0.562. The molecule has 0 fully saturated rings. The van der Waals surface area contributed by atoms with E-state index in [4.69, 9.17) is 4.74 Å². The number of ether oxygens (including phenoxy) is 1. The van der Waals surface area contributed by atoms with Gasteiger partial charge >= 0.3 is 0 Å². The van der Waals surface area contributed by atoms with Crippen LogP contribution in [0.5, 0.6) is 5.75 Å². The topological polar surface area (TPSA) is 42.4 Å². The van der Waals surface area contributed by atoms with Crippen LogP contribution in [0.15, 0.2) is 91.1 Å². The fourth-order valence-electron chi connectivity index (χ4n) is 3.01. The summed E-state index contributed by atoms with van der Waals surface area (Å²) < 4.78 is 5.81. The van der Waals surface area contributed by atoms with Gasteiger partial charge in [-0.15, -0.1) is 0 Å². The van der Waals surface area contributed by atoms with Gasteiger partial charge in [0.05, 0.1) is 5.69 Å². The molecule has 0 amide bonds. The number of fused-ring (bicyclic) bond motifs is 1. The SMILES string of the molecule is OC(c1ccc(OCc2ccccc2)cc1)c1nccc2ccccc12. The Morgan fingerprint density at radius 2 is 1.54 bits per heavy atom. The molecular formula is C23H19NO2. The van der Waals surface area contributed by atoms with Crippen molar-refractivity contribution in [1.29, 1.82) is 0 Å². The molecule has 3 nitrogen and oxygen atoms in total. The van der Waals surface area contributed by atoms with Crippen LogP contribution in [-0.4, -0.2) is 10.1 Å². The van der Waals surface area contributed by atoms with Crippen molar-refractivity contribution in [3.05, 3.63) is 108 Å². The lowest BCUT2D eigenvalue weighted by molar-refractivity contribution is 0.217. The Morgan fingerprint density at radius 3 is 2.35 bits per heavy atom. The minimum atomic E-state index is -0.774. The highest BCUT2D eigenvalue weighted by Crippen LogP contribution is 2.28. The van der Waals surface area contributed by atoms with E-state index in [-0.39, 0.29) is 0 Å². The van der Waals surface area contributed by atoms with Crippen molar-refractivity contribution in [1.82, 2.24) is 4.98 Å². The van der Waals surface area contributed by atoms with Gasteiger partial charge in [-0.05, 0) is 34.7 Å². The normalized spacial score (nSPS) is 12.0. The van der Waals surface area contributed by atoms with Crippen molar-refractivity contribution in [2.24, 2.45) is 0 Å². The van der Waals surface area contributed by atoms with E-state index < -0.39 is 6.10 Å². The molecule has 3 aromatic carbocycles. The summed E-state index contributed by atoms with van der Waals surface area (Å²) >= 11 is 0. The number of aromatic nitrogens is 1. The van der Waals surface area contributed by atoms with Crippen molar-refractivity contribution < 1.29 is 9.84 Å². The predicted molar refractivity (Wildman–Crippen MR) is 103 cm³/mol. The first-order valence-electron chi connectivity index (χ1n) is 8.60. The molecule has 0 aliphatic rings. The molecule has 1 aromatic heterocycles. The molecule has 4 aromatic rings. The van der Waals surface area contributed by atoms with E-state index in [1.54, 1.807) is 6.20 Å². The number of nitrogens with zero attached hydrogens (tertiary/aromatic N) is 1. The summed E-state index contributed by atoms with van der Waals surface area (Å²) in [4.78, 5) is 4.40. The number of rotatable bonds is 5. The van der Waals surface area contributed by atoms with Gasteiger partial charge in [0.1, 0.15) is 18.5 Å². The van der Waals surface area contributed by atoms with Crippen molar-refractivity contribution in [3.63, 3.8) is 0 Å². The van der Waals surface area contributed by atoms with Crippen LogP contribution < -0.4 is 4.74 Å². The van der Waals surface area contributed by atoms with Gasteiger partial charge in [0, 0.05) is 11.6 Å². The third kappa shape index (κ3) is 3.44. The summed E-state index contributed by atoms with van der Waals surface area (Å²) in [5.74, 6) is 0.774. The van der Waals surface area contributed by atoms with Gasteiger partial charge in [0.2, 0.25) is 0 Å². The lowest BCUT2D eigenvalue weighted by Crippen LogP contribution is -2.03. The summed E-state index contributed by atoms with van der Waals surface area (Å²) in [6, 6.07) is 27.5. The summed E-state index contributed by atoms with van der Waals surface area (Å²) in [7, 11) is 0. The number of pyridine rings is 1. The highest BCUT2D eigenvalue weighted by molar-refractivity contribution is 5.84. The molecule has 1 N–H and O–H groups in total. The van der Waals surface area contributed by atoms with Gasteiger partial charge in [-0.3, -0.25) is 4.98 Å². The minimum absolute atomic E-state index is 0.521. The van der Waals surface area contributed by atoms with E-state index in [2.05, 4.69) is 4.98 Å². The fraction of sp³-hybridized carbons (Fsp3) is 0.0870. The third-order valence-corrected chi connectivity index (χ3v) is 4.41. The van der Waals surface area contributed by atoms with Crippen molar-refractivity contribution in [2.45, 2.75) is 12.7 Å². The van der Waals surface area contributed by atoms with Gasteiger partial charge in [0.15, 0.2) is 0 Å². The summed E-state index contributed by atoms with van der Waals surface area (Å²) in [6.45, 7) is 0.521. The molecule has 0 spiro atoms. The van der Waals surface area contributed by atoms with E-state index >= 15 is 0 Å². The molecule has 26 heavy (non-hydrogen) atoms. The van der Waals surface area contributed by atoms with Crippen LogP contribution in [0.1, 0.15) is 22.9 Å². The highest BCUT2D eigenvalue weighted by atomic mass is 16.5. The van der Waals surface area contributed by atoms with Crippen LogP contribution in [0.3, 0.4) is 0 Å². The predicted octanol–water partition coefficient (Wildman–Crippen LogP) is 4.90. The third-order valence-electron chi connectivity index (χ3n) is 4.41. The smallest absolute Gasteiger partial charge is 0.122 e. The number of aliphatic hydroxyl groups excluding tert-OH is 1. The maximum absolute atomic E-state index is 10.8. The van der Waals surface area contributed by atoms with Gasteiger partial charge in [-0.1, -0.05) is 66.7 Å². The molecule has 4 rings (SSSR count). The molecule has 3 heteroatoms. The van der Waals surface area contributed by atoms with E-state index in [1.165, 1.54) is 0 Å². The summed E-state index contributed by atoms with van der Waals surface area (Å²) in [6.07, 6.45) is 0.961. The van der Waals surface area contributed by atoms with Gasteiger partial charge in [-0.2, -0.15) is 0 Å². The molecular weight excluding hydrogens is 322 g/mol. The maximum atomic E-state index is 10.8. The zero-order chi connectivity index (χ0) is 17.8. The lowest BCUT2D eigenvalue weighted by atomic mass is 10.0. The molecule has 0 aliphatic carbocycles. The van der Waals surface area contributed by atoms with Crippen LogP contribution in [0.25, 0.3) is 10.8 Å². The molecule has 0 saturated heterocycles. The molecule has 1 atom stereocenters. The largest absolute Gasteiger partial charge is 0.489 e. The van der Waals surface area contributed by atoms with E-state index in [9.17, 15) is 5.11 Å². The lowest BCUT2D eigenvalue weighted by Gasteiger charge is -2.14. The second kappa shape index (κ2) is 7.38. The molecule has 128 valence electrons. The number of hydrogen-bond donors (Lipinski definition) is 1. The summed E-state index contributed by atoms with van der Waals surface area (Å²) in [5, 5.41) is 12.8. The van der Waals surface area contributed by atoms with Gasteiger partial charge < -0.3 is 9.84 Å². The number of benzene rings is 3. The molecule has 1 heterocycles. The first kappa shape index (κ1) is 16.3. The first-order valence-corrected chi connectivity index (χ1v) is 8.60. The Morgan fingerprint density at radius 1 is 0.808 bits per heavy atom. The van der Waals surface area contributed by atoms with Gasteiger partial charge in [-0.25, -0.2) is 0 Å². The Kier molecular flexibility index (Phi) is 4.63. The average molecular weight is 341 g/mol. The Bertz CT molecular complexity index is 992. The fourth-order valence-corrected chi connectivity index (χ4v) is 3.01. The standard InChI is InChI=1S/C23H19NO2/c25-23(22-21-9-5-4-8-18(21)14-15-24-22)19-10-12-20(13-11-19)26-16-17-6-2-1-3-7-17/h1-15,23,25H,16H2. The zero-order valence-corrected chi connectivity index (χ0v) is 14.2. The molecule has 0 saturated carbocycles. The Labute approximate surface area is 152 Å². The number of aliphatic hydroxyl groups is 1. The maximum Gasteiger partial charge on any atom is 0.122 e. The molecule has 1 unspecified atom stereocenters. The van der Waals surface area contributed by atoms with Crippen LogP contribution in [-0.2, 0) is 6.61 Å². The number of hydrogen-bond acceptors (Lipinski definition) is 3. The van der Waals surface area contributed by atoms with Crippen molar-refractivity contribution in [2.75, 3.05) is 0 Å². The zero-order valence-electron chi connectivity index (χ0n) is 14.2. The van der Waals surface area contributed by atoms with Crippen LogP contribution >= 0.6 is 0 Å². The Hall–Kier alpha value is -3.17. The first-order chi connectivity index (χ1) is 12.8. The van der Waals surface area contributed by atoms with Crippen LogP contribution in [0, 0.1) is 0 Å². The molecule has 0 bridgehead atoms. The summed E-state index contributed by atoms with van der Waals surface area (Å²) in [5.41, 5.74) is 2.58. The molecule has 0 aliphatic heterocycles.